The van der Waals surface area contributed by atoms with Crippen molar-refractivity contribution >= 4 is 39.7 Å². The molecule has 2 N–H and O–H groups in total. The lowest BCUT2D eigenvalue weighted by Crippen LogP contribution is -2.51. The van der Waals surface area contributed by atoms with Crippen LogP contribution in [0.5, 0.6) is 0 Å². The van der Waals surface area contributed by atoms with Gasteiger partial charge in [0.1, 0.15) is 5.52 Å². The molecule has 6 rings (SSSR count). The number of fused-ring (bicyclic) bond motifs is 2. The van der Waals surface area contributed by atoms with E-state index in [1.165, 1.54) is 0 Å². The predicted octanol–water partition coefficient (Wildman–Crippen LogP) is 1.14. The first-order valence-electron chi connectivity index (χ1n) is 12.6. The standard InChI is InChI=1S/C26H29N9O2/c27-25(37)19-5-6-22-23(13-19)35(31-30-22)16-18-7-8-32(15-18)17-24(36)33-9-11-34(12-10-33)26-28-14-20-3-1-2-4-21(20)29-26/h1-6,13-14,18H,7-12,15-17H2,(H2,27,37). The number of likely N-dealkylation sites (tertiary alicyclic amines) is 1. The summed E-state index contributed by atoms with van der Waals surface area (Å²) < 4.78 is 1.84. The topological polar surface area (TPSA) is 126 Å². The van der Waals surface area contributed by atoms with Gasteiger partial charge < -0.3 is 15.5 Å². The SMILES string of the molecule is NC(=O)c1ccc2nnn(CC3CCN(CC(=O)N4CCN(c5ncc6ccccc6n5)CC4)C3)c2c1. The molecular weight excluding hydrogens is 470 g/mol. The molecule has 0 aliphatic carbocycles. The number of rotatable bonds is 6. The van der Waals surface area contributed by atoms with E-state index in [2.05, 4.69) is 25.1 Å². The molecule has 4 heterocycles. The van der Waals surface area contributed by atoms with E-state index in [0.29, 0.717) is 37.7 Å². The average molecular weight is 500 g/mol. The molecule has 0 saturated carbocycles. The van der Waals surface area contributed by atoms with E-state index >= 15 is 0 Å². The first kappa shape index (κ1) is 23.3. The van der Waals surface area contributed by atoms with Crippen molar-refractivity contribution in [3.8, 4) is 0 Å². The van der Waals surface area contributed by atoms with Gasteiger partial charge in [-0.05, 0) is 43.1 Å². The van der Waals surface area contributed by atoms with Crippen LogP contribution in [0.15, 0.2) is 48.7 Å². The van der Waals surface area contributed by atoms with E-state index in [9.17, 15) is 9.59 Å². The fraction of sp³-hybridized carbons (Fsp3) is 0.385. The third kappa shape index (κ3) is 4.82. The van der Waals surface area contributed by atoms with E-state index < -0.39 is 5.91 Å². The zero-order valence-electron chi connectivity index (χ0n) is 20.5. The molecule has 0 bridgehead atoms. The summed E-state index contributed by atoms with van der Waals surface area (Å²) in [4.78, 5) is 40.1. The number of carbonyl (C=O) groups excluding carboxylic acids is 2. The van der Waals surface area contributed by atoms with Gasteiger partial charge in [0.15, 0.2) is 0 Å². The monoisotopic (exact) mass is 499 g/mol. The van der Waals surface area contributed by atoms with Crippen LogP contribution in [0.2, 0.25) is 0 Å². The zero-order chi connectivity index (χ0) is 25.4. The maximum absolute atomic E-state index is 13.0. The Morgan fingerprint density at radius 3 is 2.68 bits per heavy atom. The Kier molecular flexibility index (Phi) is 6.13. The lowest BCUT2D eigenvalue weighted by molar-refractivity contribution is -0.132. The quantitative estimate of drug-likeness (QED) is 0.419. The summed E-state index contributed by atoms with van der Waals surface area (Å²) in [6.45, 7) is 5.59. The van der Waals surface area contributed by atoms with Gasteiger partial charge in [-0.3, -0.25) is 14.5 Å². The highest BCUT2D eigenvalue weighted by atomic mass is 16.2. The highest BCUT2D eigenvalue weighted by Crippen LogP contribution is 2.22. The van der Waals surface area contributed by atoms with Gasteiger partial charge in [-0.2, -0.15) is 0 Å². The van der Waals surface area contributed by atoms with Crippen molar-refractivity contribution in [2.75, 3.05) is 50.7 Å². The number of nitrogens with two attached hydrogens (primary N) is 1. The van der Waals surface area contributed by atoms with Crippen molar-refractivity contribution in [2.45, 2.75) is 13.0 Å². The second kappa shape index (κ2) is 9.74. The minimum Gasteiger partial charge on any atom is -0.366 e. The molecule has 11 nitrogen and oxygen atoms in total. The molecule has 37 heavy (non-hydrogen) atoms. The van der Waals surface area contributed by atoms with Crippen molar-refractivity contribution in [1.82, 2.24) is 34.8 Å². The number of hydrogen-bond acceptors (Lipinski definition) is 8. The van der Waals surface area contributed by atoms with E-state index in [-0.39, 0.29) is 5.91 Å². The summed E-state index contributed by atoms with van der Waals surface area (Å²) in [5.74, 6) is 0.775. The fourth-order valence-corrected chi connectivity index (χ4v) is 5.27. The number of hydrogen-bond donors (Lipinski definition) is 1. The summed E-state index contributed by atoms with van der Waals surface area (Å²) in [7, 11) is 0. The smallest absolute Gasteiger partial charge is 0.248 e. The Morgan fingerprint density at radius 1 is 1.00 bits per heavy atom. The average Bonchev–Trinajstić information content (AvgIpc) is 3.54. The van der Waals surface area contributed by atoms with Crippen LogP contribution < -0.4 is 10.6 Å². The number of primary amides is 1. The molecule has 2 amide bonds. The van der Waals surface area contributed by atoms with E-state index in [1.807, 2.05) is 40.0 Å². The number of amides is 2. The second-order valence-electron chi connectivity index (χ2n) is 9.83. The van der Waals surface area contributed by atoms with Crippen LogP contribution in [0.3, 0.4) is 0 Å². The highest BCUT2D eigenvalue weighted by Gasteiger charge is 2.28. The Labute approximate surface area is 213 Å². The highest BCUT2D eigenvalue weighted by molar-refractivity contribution is 5.96. The van der Waals surface area contributed by atoms with Gasteiger partial charge >= 0.3 is 0 Å². The summed E-state index contributed by atoms with van der Waals surface area (Å²) in [6, 6.07) is 13.1. The normalized spacial score (nSPS) is 18.6. The van der Waals surface area contributed by atoms with Crippen LogP contribution in [0, 0.1) is 5.92 Å². The van der Waals surface area contributed by atoms with Gasteiger partial charge in [0.05, 0.1) is 17.6 Å². The number of carbonyl (C=O) groups is 2. The Morgan fingerprint density at radius 2 is 1.84 bits per heavy atom. The zero-order valence-corrected chi connectivity index (χ0v) is 20.5. The van der Waals surface area contributed by atoms with Gasteiger partial charge in [0.2, 0.25) is 17.8 Å². The third-order valence-corrected chi connectivity index (χ3v) is 7.35. The molecule has 0 radical (unpaired) electrons. The van der Waals surface area contributed by atoms with Crippen molar-refractivity contribution in [2.24, 2.45) is 11.7 Å². The van der Waals surface area contributed by atoms with E-state index in [0.717, 1.165) is 60.5 Å². The summed E-state index contributed by atoms with van der Waals surface area (Å²) >= 11 is 0. The fourth-order valence-electron chi connectivity index (χ4n) is 5.27. The predicted molar refractivity (Wildman–Crippen MR) is 139 cm³/mol. The number of benzene rings is 2. The van der Waals surface area contributed by atoms with Crippen LogP contribution in [0.1, 0.15) is 16.8 Å². The first-order chi connectivity index (χ1) is 18.0. The number of anilines is 1. The van der Waals surface area contributed by atoms with Gasteiger partial charge in [-0.25, -0.2) is 14.6 Å². The van der Waals surface area contributed by atoms with Crippen LogP contribution in [0.25, 0.3) is 21.9 Å². The van der Waals surface area contributed by atoms with E-state index in [4.69, 9.17) is 10.7 Å². The maximum atomic E-state index is 13.0. The molecular formula is C26H29N9O2. The van der Waals surface area contributed by atoms with Gasteiger partial charge in [-0.15, -0.1) is 5.10 Å². The van der Waals surface area contributed by atoms with Crippen LogP contribution in [-0.4, -0.2) is 92.4 Å². The molecule has 1 unspecified atom stereocenters. The number of para-hydroxylation sites is 1. The van der Waals surface area contributed by atoms with Crippen molar-refractivity contribution in [3.05, 3.63) is 54.2 Å². The minimum absolute atomic E-state index is 0.164. The van der Waals surface area contributed by atoms with Gasteiger partial charge in [-0.1, -0.05) is 23.4 Å². The summed E-state index contributed by atoms with van der Waals surface area (Å²) in [5.41, 5.74) is 8.35. The molecule has 2 aliphatic heterocycles. The Bertz CT molecular complexity index is 1460. The summed E-state index contributed by atoms with van der Waals surface area (Å²) in [6.07, 6.45) is 2.84. The van der Waals surface area contributed by atoms with Crippen LogP contribution in [-0.2, 0) is 11.3 Å². The largest absolute Gasteiger partial charge is 0.366 e. The molecule has 0 spiro atoms. The molecule has 2 aromatic carbocycles. The molecule has 2 fully saturated rings. The molecule has 2 aliphatic rings. The third-order valence-electron chi connectivity index (χ3n) is 7.35. The lowest BCUT2D eigenvalue weighted by Gasteiger charge is -2.35. The Balaban J connectivity index is 1.01. The molecule has 4 aromatic rings. The molecule has 2 aromatic heterocycles. The molecule has 11 heteroatoms. The summed E-state index contributed by atoms with van der Waals surface area (Å²) in [5, 5.41) is 9.50. The van der Waals surface area contributed by atoms with Crippen LogP contribution in [0.4, 0.5) is 5.95 Å². The maximum Gasteiger partial charge on any atom is 0.248 e. The lowest BCUT2D eigenvalue weighted by atomic mass is 10.1. The minimum atomic E-state index is -0.467. The first-order valence-corrected chi connectivity index (χ1v) is 12.6. The second-order valence-corrected chi connectivity index (χ2v) is 9.83. The molecule has 190 valence electrons. The van der Waals surface area contributed by atoms with Gasteiger partial charge in [0, 0.05) is 56.4 Å². The molecule has 2 saturated heterocycles. The van der Waals surface area contributed by atoms with Crippen molar-refractivity contribution < 1.29 is 9.59 Å². The Hall–Kier alpha value is -4.12. The van der Waals surface area contributed by atoms with E-state index in [1.54, 1.807) is 18.2 Å². The van der Waals surface area contributed by atoms with Crippen molar-refractivity contribution in [1.29, 1.82) is 0 Å². The van der Waals surface area contributed by atoms with Gasteiger partial charge in [0.25, 0.3) is 0 Å². The molecule has 1 atom stereocenters. The number of piperazine rings is 1. The van der Waals surface area contributed by atoms with Crippen molar-refractivity contribution in [3.63, 3.8) is 0 Å². The number of aromatic nitrogens is 5. The van der Waals surface area contributed by atoms with Crippen LogP contribution >= 0.6 is 0 Å². The number of nitrogens with zero attached hydrogens (tertiary/aromatic N) is 8.